The number of nitrogens with zero attached hydrogens (tertiary/aromatic N) is 2. The summed E-state index contributed by atoms with van der Waals surface area (Å²) in [5.41, 5.74) is 1.98. The smallest absolute Gasteiger partial charge is 0.266 e. The van der Waals surface area contributed by atoms with E-state index >= 15 is 0 Å². The van der Waals surface area contributed by atoms with Crippen LogP contribution in [0.1, 0.15) is 31.4 Å². The molecule has 1 saturated heterocycles. The lowest BCUT2D eigenvalue weighted by Crippen LogP contribution is -2.29. The Balaban J connectivity index is 1.58. The normalized spacial score (nSPS) is 15.7. The minimum absolute atomic E-state index is 0.0814. The second-order valence-electron chi connectivity index (χ2n) is 7.96. The number of thioether (sulfide) groups is 1. The Kier molecular flexibility index (Phi) is 8.67. The molecule has 186 valence electrons. The number of amides is 1. The van der Waals surface area contributed by atoms with Crippen molar-refractivity contribution in [3.8, 4) is 11.5 Å². The van der Waals surface area contributed by atoms with Crippen molar-refractivity contribution in [3.63, 3.8) is 0 Å². The lowest BCUT2D eigenvalue weighted by Gasteiger charge is -2.14. The summed E-state index contributed by atoms with van der Waals surface area (Å²) in [5.74, 6) is 0.623. The first-order valence-corrected chi connectivity index (χ1v) is 12.9. The molecule has 0 saturated carbocycles. The van der Waals surface area contributed by atoms with Gasteiger partial charge in [0.05, 0.1) is 17.2 Å². The quantitative estimate of drug-likeness (QED) is 0.272. The van der Waals surface area contributed by atoms with Gasteiger partial charge in [0.15, 0.2) is 16.7 Å². The number of hydrogen-bond donors (Lipinski definition) is 0. The van der Waals surface area contributed by atoms with Crippen molar-refractivity contribution >= 4 is 46.2 Å². The van der Waals surface area contributed by atoms with Crippen molar-refractivity contribution in [2.75, 3.05) is 13.2 Å². The Morgan fingerprint density at radius 3 is 2.53 bits per heavy atom. The number of carbonyl (C=O) groups is 1. The molecule has 0 bridgehead atoms. The van der Waals surface area contributed by atoms with Crippen molar-refractivity contribution in [2.24, 2.45) is 4.99 Å². The average molecular weight is 525 g/mol. The van der Waals surface area contributed by atoms with E-state index in [9.17, 15) is 9.18 Å². The van der Waals surface area contributed by atoms with Crippen molar-refractivity contribution in [1.29, 1.82) is 0 Å². The first-order chi connectivity index (χ1) is 17.5. The van der Waals surface area contributed by atoms with Crippen LogP contribution in [0.15, 0.2) is 76.6 Å². The zero-order chi connectivity index (χ0) is 25.5. The zero-order valence-electron chi connectivity index (χ0n) is 20.0. The zero-order valence-corrected chi connectivity index (χ0v) is 21.6. The molecule has 5 nitrogen and oxygen atoms in total. The maximum atomic E-state index is 14.0. The van der Waals surface area contributed by atoms with Gasteiger partial charge in [-0.1, -0.05) is 42.8 Å². The Labute approximate surface area is 219 Å². The van der Waals surface area contributed by atoms with Gasteiger partial charge in [0.2, 0.25) is 0 Å². The van der Waals surface area contributed by atoms with E-state index in [2.05, 4.69) is 4.99 Å². The molecule has 0 atom stereocenters. The van der Waals surface area contributed by atoms with E-state index in [4.69, 9.17) is 21.1 Å². The van der Waals surface area contributed by atoms with Crippen LogP contribution in [0.4, 0.5) is 10.1 Å². The fraction of sp³-hybridized carbons (Fsp3) is 0.214. The van der Waals surface area contributed by atoms with Crippen LogP contribution in [-0.2, 0) is 11.4 Å². The Bertz CT molecular complexity index is 1290. The minimum Gasteiger partial charge on any atom is -0.490 e. The first kappa shape index (κ1) is 25.8. The fourth-order valence-electron chi connectivity index (χ4n) is 3.56. The van der Waals surface area contributed by atoms with Gasteiger partial charge < -0.3 is 9.47 Å². The van der Waals surface area contributed by atoms with Gasteiger partial charge in [0, 0.05) is 17.1 Å². The molecule has 0 unspecified atom stereocenters. The maximum Gasteiger partial charge on any atom is 0.266 e. The van der Waals surface area contributed by atoms with Crippen LogP contribution in [0, 0.1) is 5.82 Å². The van der Waals surface area contributed by atoms with Crippen molar-refractivity contribution in [3.05, 3.63) is 93.6 Å². The van der Waals surface area contributed by atoms with Crippen LogP contribution in [0.3, 0.4) is 0 Å². The summed E-state index contributed by atoms with van der Waals surface area (Å²) in [5, 5.41) is 1.26. The van der Waals surface area contributed by atoms with Gasteiger partial charge in [0.25, 0.3) is 5.91 Å². The molecule has 1 fully saturated rings. The first-order valence-electron chi connectivity index (χ1n) is 11.7. The molecule has 1 amide bonds. The second kappa shape index (κ2) is 12.1. The number of hydrogen-bond acceptors (Lipinski definition) is 5. The van der Waals surface area contributed by atoms with Crippen molar-refractivity contribution in [2.45, 2.75) is 26.9 Å². The lowest BCUT2D eigenvalue weighted by atomic mass is 10.1. The molecule has 1 aliphatic rings. The predicted molar refractivity (Wildman–Crippen MR) is 144 cm³/mol. The van der Waals surface area contributed by atoms with Crippen LogP contribution < -0.4 is 9.47 Å². The SMILES string of the molecule is CCCN1C(=O)/C(=C/c2ccc(OCc3ccccc3F)c(OCC)c2)SC1=Nc1ccc(Cl)cc1. The van der Waals surface area contributed by atoms with Gasteiger partial charge in [-0.05, 0) is 79.2 Å². The van der Waals surface area contributed by atoms with Crippen molar-refractivity contribution < 1.29 is 18.7 Å². The van der Waals surface area contributed by atoms with E-state index < -0.39 is 0 Å². The lowest BCUT2D eigenvalue weighted by molar-refractivity contribution is -0.122. The van der Waals surface area contributed by atoms with Gasteiger partial charge in [-0.25, -0.2) is 9.38 Å². The molecule has 0 spiro atoms. The Morgan fingerprint density at radius 2 is 1.81 bits per heavy atom. The standard InChI is InChI=1S/C28H26ClFN2O3S/c1-3-15-32-27(33)26(36-28(32)31-22-12-10-21(29)11-13-22)17-19-9-14-24(25(16-19)34-4-2)35-18-20-7-5-6-8-23(20)30/h5-14,16-17H,3-4,15,18H2,1-2H3/b26-17-,31-28?. The molecular weight excluding hydrogens is 499 g/mol. The Hall–Kier alpha value is -3.29. The number of benzene rings is 3. The summed E-state index contributed by atoms with van der Waals surface area (Å²) in [7, 11) is 0. The molecule has 36 heavy (non-hydrogen) atoms. The van der Waals surface area contributed by atoms with E-state index in [0.29, 0.717) is 45.3 Å². The van der Waals surface area contributed by atoms with Crippen LogP contribution in [0.25, 0.3) is 6.08 Å². The van der Waals surface area contributed by atoms with Crippen LogP contribution >= 0.6 is 23.4 Å². The average Bonchev–Trinajstić information content (AvgIpc) is 3.15. The van der Waals surface area contributed by atoms with E-state index in [-0.39, 0.29) is 18.3 Å². The second-order valence-corrected chi connectivity index (χ2v) is 9.40. The highest BCUT2D eigenvalue weighted by Crippen LogP contribution is 2.36. The highest BCUT2D eigenvalue weighted by molar-refractivity contribution is 8.18. The van der Waals surface area contributed by atoms with Gasteiger partial charge >= 0.3 is 0 Å². The highest BCUT2D eigenvalue weighted by Gasteiger charge is 2.32. The summed E-state index contributed by atoms with van der Waals surface area (Å²) in [4.78, 5) is 20.1. The largest absolute Gasteiger partial charge is 0.490 e. The Morgan fingerprint density at radius 1 is 1.03 bits per heavy atom. The van der Waals surface area contributed by atoms with Crippen LogP contribution in [0.2, 0.25) is 5.02 Å². The summed E-state index contributed by atoms with van der Waals surface area (Å²) < 4.78 is 25.6. The fourth-order valence-corrected chi connectivity index (χ4v) is 4.71. The van der Waals surface area contributed by atoms with E-state index in [0.717, 1.165) is 17.7 Å². The van der Waals surface area contributed by atoms with Gasteiger partial charge in [-0.3, -0.25) is 9.69 Å². The molecule has 0 aliphatic carbocycles. The third-order valence-electron chi connectivity index (χ3n) is 5.29. The van der Waals surface area contributed by atoms with Crippen LogP contribution in [0.5, 0.6) is 11.5 Å². The van der Waals surface area contributed by atoms with Gasteiger partial charge in [-0.2, -0.15) is 0 Å². The number of amidine groups is 1. The maximum absolute atomic E-state index is 14.0. The van der Waals surface area contributed by atoms with Gasteiger partial charge in [-0.15, -0.1) is 0 Å². The number of ether oxygens (including phenoxy) is 2. The molecular formula is C28H26ClFN2O3S. The molecule has 4 rings (SSSR count). The monoisotopic (exact) mass is 524 g/mol. The van der Waals surface area contributed by atoms with Crippen LogP contribution in [-0.4, -0.2) is 29.1 Å². The van der Waals surface area contributed by atoms with E-state index in [1.807, 2.05) is 44.2 Å². The molecule has 1 heterocycles. The highest BCUT2D eigenvalue weighted by atomic mass is 35.5. The molecule has 3 aromatic rings. The number of aliphatic imine (C=N–C) groups is 1. The molecule has 3 aromatic carbocycles. The molecule has 0 N–H and O–H groups in total. The third-order valence-corrected chi connectivity index (χ3v) is 6.55. The van der Waals surface area contributed by atoms with Gasteiger partial charge in [0.1, 0.15) is 12.4 Å². The topological polar surface area (TPSA) is 51.1 Å². The van der Waals surface area contributed by atoms with Crippen molar-refractivity contribution in [1.82, 2.24) is 4.90 Å². The summed E-state index contributed by atoms with van der Waals surface area (Å²) in [6.07, 6.45) is 2.63. The predicted octanol–water partition coefficient (Wildman–Crippen LogP) is 7.47. The number of carbonyl (C=O) groups excluding carboxylic acids is 1. The third kappa shape index (κ3) is 6.28. The number of halogens is 2. The molecule has 8 heteroatoms. The molecule has 0 radical (unpaired) electrons. The summed E-state index contributed by atoms with van der Waals surface area (Å²) in [6.45, 7) is 4.99. The summed E-state index contributed by atoms with van der Waals surface area (Å²) in [6, 6.07) is 19.1. The van der Waals surface area contributed by atoms with E-state index in [1.54, 1.807) is 41.3 Å². The minimum atomic E-state index is -0.318. The number of rotatable bonds is 9. The molecule has 1 aliphatic heterocycles. The summed E-state index contributed by atoms with van der Waals surface area (Å²) >= 11 is 7.32. The molecule has 0 aromatic heterocycles. The van der Waals surface area contributed by atoms with E-state index in [1.165, 1.54) is 17.8 Å².